The predicted molar refractivity (Wildman–Crippen MR) is 80.5 cm³/mol. The van der Waals surface area contributed by atoms with Gasteiger partial charge in [-0.05, 0) is 18.6 Å². The molecule has 0 aromatic heterocycles. The van der Waals surface area contributed by atoms with Crippen LogP contribution in [0, 0.1) is 5.41 Å². The first-order chi connectivity index (χ1) is 9.42. The highest BCUT2D eigenvalue weighted by molar-refractivity contribution is 6.04. The Hall–Kier alpha value is -1.88. The van der Waals surface area contributed by atoms with Crippen molar-refractivity contribution < 1.29 is 9.59 Å². The second-order valence-corrected chi connectivity index (χ2v) is 5.28. The number of hydrogen-bond acceptors (Lipinski definition) is 3. The van der Waals surface area contributed by atoms with Crippen LogP contribution in [0.3, 0.4) is 0 Å². The van der Waals surface area contributed by atoms with Crippen molar-refractivity contribution in [3.63, 3.8) is 0 Å². The molecule has 110 valence electrons. The molecule has 0 fully saturated rings. The summed E-state index contributed by atoms with van der Waals surface area (Å²) in [7, 11) is 0. The van der Waals surface area contributed by atoms with Crippen molar-refractivity contribution in [1.29, 1.82) is 0 Å². The minimum atomic E-state index is -0.471. The fraction of sp³-hybridized carbons (Fsp3) is 0.467. The van der Waals surface area contributed by atoms with Crippen molar-refractivity contribution in [2.45, 2.75) is 27.2 Å². The molecule has 1 rings (SSSR count). The van der Waals surface area contributed by atoms with Crippen molar-refractivity contribution in [1.82, 2.24) is 5.32 Å². The quantitative estimate of drug-likeness (QED) is 0.740. The molecule has 0 radical (unpaired) electrons. The highest BCUT2D eigenvalue weighted by Gasteiger charge is 2.26. The summed E-state index contributed by atoms with van der Waals surface area (Å²) in [5.74, 6) is -0.334. The van der Waals surface area contributed by atoms with E-state index in [-0.39, 0.29) is 11.8 Å². The van der Waals surface area contributed by atoms with Crippen LogP contribution in [0.15, 0.2) is 24.3 Å². The number of amides is 2. The Labute approximate surface area is 119 Å². The first-order valence-electron chi connectivity index (χ1n) is 6.81. The maximum atomic E-state index is 12.2. The van der Waals surface area contributed by atoms with Crippen LogP contribution in [0.4, 0.5) is 5.69 Å². The van der Waals surface area contributed by atoms with E-state index in [2.05, 4.69) is 10.6 Å². The molecule has 0 aliphatic heterocycles. The number of hydrogen-bond donors (Lipinski definition) is 3. The van der Waals surface area contributed by atoms with E-state index >= 15 is 0 Å². The average Bonchev–Trinajstić information content (AvgIpc) is 2.45. The normalized spacial score (nSPS) is 11.0. The van der Waals surface area contributed by atoms with Gasteiger partial charge in [0.25, 0.3) is 5.91 Å². The van der Waals surface area contributed by atoms with Gasteiger partial charge in [0.15, 0.2) is 0 Å². The van der Waals surface area contributed by atoms with Crippen LogP contribution in [0.1, 0.15) is 37.6 Å². The lowest BCUT2D eigenvalue weighted by molar-refractivity contribution is -0.124. The van der Waals surface area contributed by atoms with Crippen molar-refractivity contribution >= 4 is 17.5 Å². The number of rotatable bonds is 6. The summed E-state index contributed by atoms with van der Waals surface area (Å²) in [5, 5.41) is 5.53. The smallest absolute Gasteiger partial charge is 0.253 e. The summed E-state index contributed by atoms with van der Waals surface area (Å²) in [6.45, 7) is 6.49. The van der Waals surface area contributed by atoms with Gasteiger partial charge in [-0.1, -0.05) is 32.9 Å². The fourth-order valence-electron chi connectivity index (χ4n) is 1.52. The zero-order valence-electron chi connectivity index (χ0n) is 12.3. The molecule has 20 heavy (non-hydrogen) atoms. The Bertz CT molecular complexity index is 484. The Morgan fingerprint density at radius 2 is 1.90 bits per heavy atom. The third kappa shape index (κ3) is 4.06. The van der Waals surface area contributed by atoms with Crippen molar-refractivity contribution in [3.8, 4) is 0 Å². The van der Waals surface area contributed by atoms with Crippen molar-refractivity contribution in [3.05, 3.63) is 29.8 Å². The largest absolute Gasteiger partial charge is 0.351 e. The Morgan fingerprint density at radius 1 is 1.25 bits per heavy atom. The molecular formula is C15H23N3O2. The zero-order valence-corrected chi connectivity index (χ0v) is 12.3. The second kappa shape index (κ2) is 7.05. The molecule has 0 aliphatic rings. The maximum absolute atomic E-state index is 12.2. The third-order valence-corrected chi connectivity index (χ3v) is 3.35. The molecule has 0 unspecified atom stereocenters. The van der Waals surface area contributed by atoms with Crippen molar-refractivity contribution in [2.24, 2.45) is 11.1 Å². The first kappa shape index (κ1) is 16.2. The average molecular weight is 277 g/mol. The summed E-state index contributed by atoms with van der Waals surface area (Å²) >= 11 is 0. The van der Waals surface area contributed by atoms with Crippen LogP contribution in [0.25, 0.3) is 0 Å². The standard InChI is InChI=1S/C15H23N3O2/c1-4-15(2,3)14(20)18-12-8-6-5-7-11(12)13(19)17-10-9-16/h5-8H,4,9-10,16H2,1-3H3,(H,17,19)(H,18,20). The third-order valence-electron chi connectivity index (χ3n) is 3.35. The van der Waals surface area contributed by atoms with Crippen LogP contribution in [0.2, 0.25) is 0 Å². The number of para-hydroxylation sites is 1. The van der Waals surface area contributed by atoms with E-state index in [1.54, 1.807) is 24.3 Å². The van der Waals surface area contributed by atoms with Gasteiger partial charge in [-0.15, -0.1) is 0 Å². The van der Waals surface area contributed by atoms with Gasteiger partial charge in [0.05, 0.1) is 11.3 Å². The lowest BCUT2D eigenvalue weighted by atomic mass is 9.89. The number of nitrogens with one attached hydrogen (secondary N) is 2. The van der Waals surface area contributed by atoms with Gasteiger partial charge in [-0.3, -0.25) is 9.59 Å². The molecule has 0 saturated carbocycles. The highest BCUT2D eigenvalue weighted by atomic mass is 16.2. The van der Waals surface area contributed by atoms with Gasteiger partial charge in [-0.2, -0.15) is 0 Å². The van der Waals surface area contributed by atoms with Gasteiger partial charge in [0, 0.05) is 18.5 Å². The van der Waals surface area contributed by atoms with Crippen LogP contribution in [-0.2, 0) is 4.79 Å². The molecule has 0 spiro atoms. The summed E-state index contributed by atoms with van der Waals surface area (Å²) in [6, 6.07) is 6.95. The molecule has 0 saturated heterocycles. The topological polar surface area (TPSA) is 84.2 Å². The Morgan fingerprint density at radius 3 is 2.50 bits per heavy atom. The monoisotopic (exact) mass is 277 g/mol. The molecule has 1 aromatic carbocycles. The van der Waals surface area contributed by atoms with Gasteiger partial charge < -0.3 is 16.4 Å². The van der Waals surface area contributed by atoms with Crippen LogP contribution >= 0.6 is 0 Å². The van der Waals surface area contributed by atoms with E-state index in [9.17, 15) is 9.59 Å². The molecular weight excluding hydrogens is 254 g/mol. The number of nitrogens with two attached hydrogens (primary N) is 1. The van der Waals surface area contributed by atoms with Gasteiger partial charge in [0.1, 0.15) is 0 Å². The van der Waals surface area contributed by atoms with E-state index in [1.807, 2.05) is 20.8 Å². The van der Waals surface area contributed by atoms with Crippen LogP contribution in [0.5, 0.6) is 0 Å². The molecule has 4 N–H and O–H groups in total. The minimum absolute atomic E-state index is 0.0981. The van der Waals surface area contributed by atoms with Gasteiger partial charge in [-0.25, -0.2) is 0 Å². The van der Waals surface area contributed by atoms with Crippen LogP contribution < -0.4 is 16.4 Å². The van der Waals surface area contributed by atoms with E-state index in [0.29, 0.717) is 24.3 Å². The van der Waals surface area contributed by atoms with E-state index in [1.165, 1.54) is 0 Å². The Balaban J connectivity index is 2.91. The zero-order chi connectivity index (χ0) is 15.2. The lowest BCUT2D eigenvalue weighted by Crippen LogP contribution is -2.32. The number of carbonyl (C=O) groups is 2. The van der Waals surface area contributed by atoms with Gasteiger partial charge in [0.2, 0.25) is 5.91 Å². The summed E-state index contributed by atoms with van der Waals surface area (Å²) in [5.41, 5.74) is 5.86. The van der Waals surface area contributed by atoms with E-state index in [4.69, 9.17) is 5.73 Å². The van der Waals surface area contributed by atoms with Crippen LogP contribution in [-0.4, -0.2) is 24.9 Å². The van der Waals surface area contributed by atoms with E-state index < -0.39 is 5.41 Å². The molecule has 0 heterocycles. The Kier molecular flexibility index (Phi) is 5.70. The molecule has 0 bridgehead atoms. The molecule has 2 amide bonds. The summed E-state index contributed by atoms with van der Waals surface area (Å²) < 4.78 is 0. The molecule has 0 aliphatic carbocycles. The predicted octanol–water partition coefficient (Wildman–Crippen LogP) is 1.75. The highest BCUT2D eigenvalue weighted by Crippen LogP contribution is 2.23. The molecule has 1 aromatic rings. The number of benzene rings is 1. The SMILES string of the molecule is CCC(C)(C)C(=O)Nc1ccccc1C(=O)NCCN. The van der Waals surface area contributed by atoms with Crippen molar-refractivity contribution in [2.75, 3.05) is 18.4 Å². The van der Waals surface area contributed by atoms with Gasteiger partial charge >= 0.3 is 0 Å². The number of carbonyl (C=O) groups excluding carboxylic acids is 2. The molecule has 5 nitrogen and oxygen atoms in total. The molecule has 5 heteroatoms. The second-order valence-electron chi connectivity index (χ2n) is 5.28. The number of anilines is 1. The molecule has 0 atom stereocenters. The summed E-state index contributed by atoms with van der Waals surface area (Å²) in [6.07, 6.45) is 0.723. The summed E-state index contributed by atoms with van der Waals surface area (Å²) in [4.78, 5) is 24.2. The minimum Gasteiger partial charge on any atom is -0.351 e. The fourth-order valence-corrected chi connectivity index (χ4v) is 1.52. The lowest BCUT2D eigenvalue weighted by Gasteiger charge is -2.22. The van der Waals surface area contributed by atoms with E-state index in [0.717, 1.165) is 6.42 Å². The maximum Gasteiger partial charge on any atom is 0.253 e. The first-order valence-corrected chi connectivity index (χ1v) is 6.81.